The summed E-state index contributed by atoms with van der Waals surface area (Å²) in [7, 11) is 0. The Labute approximate surface area is 122 Å². The standard InChI is InChI=1S/C15H19FN2O3/c1-10(2)9-13(14(19)20)18-15(21)17-8-7-11-5-3-4-6-12(11)16/h3-8,10,13H,9H2,1-2H3,(H,19,20)(H2,17,18,21)/b8-7+. The summed E-state index contributed by atoms with van der Waals surface area (Å²) in [6.07, 6.45) is 2.99. The van der Waals surface area contributed by atoms with Gasteiger partial charge in [0.1, 0.15) is 11.9 Å². The molecule has 0 radical (unpaired) electrons. The van der Waals surface area contributed by atoms with E-state index in [2.05, 4.69) is 10.6 Å². The Morgan fingerprint density at radius 1 is 1.33 bits per heavy atom. The fourth-order valence-electron chi connectivity index (χ4n) is 1.71. The number of rotatable bonds is 6. The smallest absolute Gasteiger partial charge is 0.326 e. The third-order valence-corrected chi connectivity index (χ3v) is 2.69. The molecule has 0 fully saturated rings. The Kier molecular flexibility index (Phi) is 6.39. The van der Waals surface area contributed by atoms with Crippen molar-refractivity contribution < 1.29 is 19.1 Å². The number of nitrogens with one attached hydrogen (secondary N) is 2. The third kappa shape index (κ3) is 6.07. The molecule has 0 spiro atoms. The number of carboxylic acids is 1. The van der Waals surface area contributed by atoms with Crippen molar-refractivity contribution in [1.29, 1.82) is 0 Å². The van der Waals surface area contributed by atoms with E-state index in [-0.39, 0.29) is 5.92 Å². The van der Waals surface area contributed by atoms with Gasteiger partial charge in [0.15, 0.2) is 0 Å². The van der Waals surface area contributed by atoms with E-state index in [1.54, 1.807) is 18.2 Å². The largest absolute Gasteiger partial charge is 0.480 e. The van der Waals surface area contributed by atoms with Crippen LogP contribution in [0.2, 0.25) is 0 Å². The van der Waals surface area contributed by atoms with Crippen molar-refractivity contribution in [3.63, 3.8) is 0 Å². The summed E-state index contributed by atoms with van der Waals surface area (Å²) >= 11 is 0. The molecule has 0 aliphatic rings. The van der Waals surface area contributed by atoms with Gasteiger partial charge in [0, 0.05) is 11.8 Å². The number of carbonyl (C=O) groups excluding carboxylic acids is 1. The highest BCUT2D eigenvalue weighted by Gasteiger charge is 2.20. The van der Waals surface area contributed by atoms with Crippen molar-refractivity contribution >= 4 is 18.1 Å². The van der Waals surface area contributed by atoms with Gasteiger partial charge in [0.25, 0.3) is 0 Å². The lowest BCUT2D eigenvalue weighted by Gasteiger charge is -2.15. The van der Waals surface area contributed by atoms with Gasteiger partial charge in [-0.15, -0.1) is 0 Å². The predicted molar refractivity (Wildman–Crippen MR) is 78.0 cm³/mol. The highest BCUT2D eigenvalue weighted by atomic mass is 19.1. The summed E-state index contributed by atoms with van der Waals surface area (Å²) in [5.74, 6) is -1.35. The number of benzene rings is 1. The first kappa shape index (κ1) is 16.7. The number of halogens is 1. The molecular weight excluding hydrogens is 275 g/mol. The van der Waals surface area contributed by atoms with Crippen LogP contribution in [-0.4, -0.2) is 23.1 Å². The number of aliphatic carboxylic acids is 1. The molecule has 1 rings (SSSR count). The quantitative estimate of drug-likeness (QED) is 0.754. The van der Waals surface area contributed by atoms with Crippen LogP contribution in [0.4, 0.5) is 9.18 Å². The van der Waals surface area contributed by atoms with Gasteiger partial charge in [0.2, 0.25) is 0 Å². The normalized spacial score (nSPS) is 12.4. The zero-order valence-electron chi connectivity index (χ0n) is 12.0. The van der Waals surface area contributed by atoms with E-state index in [9.17, 15) is 14.0 Å². The summed E-state index contributed by atoms with van der Waals surface area (Å²) in [5, 5.41) is 13.7. The van der Waals surface area contributed by atoms with E-state index in [4.69, 9.17) is 5.11 Å². The van der Waals surface area contributed by atoms with E-state index in [1.165, 1.54) is 18.3 Å². The molecular formula is C15H19FN2O3. The summed E-state index contributed by atoms with van der Waals surface area (Å²) in [6.45, 7) is 3.74. The van der Waals surface area contributed by atoms with Crippen LogP contribution in [-0.2, 0) is 4.79 Å². The lowest BCUT2D eigenvalue weighted by Crippen LogP contribution is -2.45. The predicted octanol–water partition coefficient (Wildman–Crippen LogP) is 2.59. The van der Waals surface area contributed by atoms with Gasteiger partial charge >= 0.3 is 12.0 Å². The molecule has 6 heteroatoms. The van der Waals surface area contributed by atoms with Crippen LogP contribution >= 0.6 is 0 Å². The van der Waals surface area contributed by atoms with Gasteiger partial charge in [-0.2, -0.15) is 0 Å². The van der Waals surface area contributed by atoms with Gasteiger partial charge in [-0.1, -0.05) is 32.0 Å². The molecule has 1 aromatic carbocycles. The molecule has 0 bridgehead atoms. The first-order valence-corrected chi connectivity index (χ1v) is 6.61. The Morgan fingerprint density at radius 3 is 2.57 bits per heavy atom. The Balaban J connectivity index is 2.53. The number of carbonyl (C=O) groups is 2. The van der Waals surface area contributed by atoms with E-state index in [1.807, 2.05) is 13.8 Å². The summed E-state index contributed by atoms with van der Waals surface area (Å²) in [4.78, 5) is 22.6. The van der Waals surface area contributed by atoms with Crippen LogP contribution in [0.25, 0.3) is 6.08 Å². The maximum absolute atomic E-state index is 13.3. The van der Waals surface area contributed by atoms with Gasteiger partial charge in [0.05, 0.1) is 0 Å². The van der Waals surface area contributed by atoms with E-state index in [0.717, 1.165) is 0 Å². The fourth-order valence-corrected chi connectivity index (χ4v) is 1.71. The Bertz CT molecular complexity index is 529. The summed E-state index contributed by atoms with van der Waals surface area (Å²) in [5.41, 5.74) is 0.328. The zero-order valence-corrected chi connectivity index (χ0v) is 12.0. The minimum absolute atomic E-state index is 0.139. The van der Waals surface area contributed by atoms with Crippen LogP contribution in [0.5, 0.6) is 0 Å². The molecule has 114 valence electrons. The monoisotopic (exact) mass is 294 g/mol. The van der Waals surface area contributed by atoms with E-state index in [0.29, 0.717) is 12.0 Å². The second kappa shape index (κ2) is 8.04. The number of hydrogen-bond acceptors (Lipinski definition) is 2. The molecule has 1 unspecified atom stereocenters. The second-order valence-corrected chi connectivity index (χ2v) is 4.99. The number of carboxylic acid groups (broad SMARTS) is 1. The average molecular weight is 294 g/mol. The molecule has 1 aromatic rings. The molecule has 0 saturated heterocycles. The molecule has 0 aliphatic heterocycles. The molecule has 0 saturated carbocycles. The van der Waals surface area contributed by atoms with Crippen molar-refractivity contribution in [1.82, 2.24) is 10.6 Å². The highest BCUT2D eigenvalue weighted by molar-refractivity contribution is 5.83. The minimum atomic E-state index is -1.09. The van der Waals surface area contributed by atoms with Crippen molar-refractivity contribution in [2.45, 2.75) is 26.3 Å². The molecule has 3 N–H and O–H groups in total. The average Bonchev–Trinajstić information content (AvgIpc) is 2.39. The van der Waals surface area contributed by atoms with Crippen molar-refractivity contribution in [3.8, 4) is 0 Å². The van der Waals surface area contributed by atoms with Gasteiger partial charge < -0.3 is 15.7 Å². The zero-order chi connectivity index (χ0) is 15.8. The SMILES string of the molecule is CC(C)CC(NC(=O)N/C=C/c1ccccc1F)C(=O)O. The van der Waals surface area contributed by atoms with Crippen LogP contribution in [0.15, 0.2) is 30.5 Å². The maximum atomic E-state index is 13.3. The maximum Gasteiger partial charge on any atom is 0.326 e. The molecule has 0 aliphatic carbocycles. The highest BCUT2D eigenvalue weighted by Crippen LogP contribution is 2.07. The van der Waals surface area contributed by atoms with Crippen LogP contribution < -0.4 is 10.6 Å². The first-order chi connectivity index (χ1) is 9.90. The fraction of sp³-hybridized carbons (Fsp3) is 0.333. The van der Waals surface area contributed by atoms with Crippen LogP contribution in [0.3, 0.4) is 0 Å². The van der Waals surface area contributed by atoms with Gasteiger partial charge in [-0.05, 0) is 24.5 Å². The number of amides is 2. The molecule has 0 aromatic heterocycles. The van der Waals surface area contributed by atoms with Crippen molar-refractivity contribution in [2.24, 2.45) is 5.92 Å². The summed E-state index contributed by atoms with van der Waals surface area (Å²) < 4.78 is 13.3. The molecule has 5 nitrogen and oxygen atoms in total. The molecule has 0 heterocycles. The van der Waals surface area contributed by atoms with Gasteiger partial charge in [-0.3, -0.25) is 0 Å². The minimum Gasteiger partial charge on any atom is -0.480 e. The molecule has 21 heavy (non-hydrogen) atoms. The van der Waals surface area contributed by atoms with Crippen molar-refractivity contribution in [2.75, 3.05) is 0 Å². The summed E-state index contributed by atoms with van der Waals surface area (Å²) in [6, 6.07) is 4.51. The lowest BCUT2D eigenvalue weighted by atomic mass is 10.0. The van der Waals surface area contributed by atoms with Gasteiger partial charge in [-0.25, -0.2) is 14.0 Å². The number of hydrogen-bond donors (Lipinski definition) is 3. The van der Waals surface area contributed by atoms with E-state index < -0.39 is 23.9 Å². The lowest BCUT2D eigenvalue weighted by molar-refractivity contribution is -0.139. The molecule has 2 amide bonds. The number of urea groups is 1. The van der Waals surface area contributed by atoms with Crippen LogP contribution in [0, 0.1) is 11.7 Å². The van der Waals surface area contributed by atoms with Crippen molar-refractivity contribution in [3.05, 3.63) is 41.8 Å². The first-order valence-electron chi connectivity index (χ1n) is 6.61. The topological polar surface area (TPSA) is 78.4 Å². The Morgan fingerprint density at radius 2 is 2.00 bits per heavy atom. The molecule has 1 atom stereocenters. The third-order valence-electron chi connectivity index (χ3n) is 2.69. The van der Waals surface area contributed by atoms with E-state index >= 15 is 0 Å². The van der Waals surface area contributed by atoms with Crippen LogP contribution in [0.1, 0.15) is 25.8 Å². The Hall–Kier alpha value is -2.37. The second-order valence-electron chi connectivity index (χ2n) is 4.99.